The number of ether oxygens (including phenoxy) is 4. The number of benzene rings is 2. The van der Waals surface area contributed by atoms with Crippen molar-refractivity contribution in [3.63, 3.8) is 0 Å². The number of piperazine rings is 1. The number of pyridine rings is 1. The molecular formula is C42H44F2N6O5. The van der Waals surface area contributed by atoms with Gasteiger partial charge in [0, 0.05) is 37.7 Å². The monoisotopic (exact) mass is 750 g/mol. The molecule has 1 unspecified atom stereocenters. The van der Waals surface area contributed by atoms with Crippen LogP contribution in [0.4, 0.5) is 19.4 Å². The number of amides is 1. The first kappa shape index (κ1) is 35.6. The third kappa shape index (κ3) is 5.51. The lowest BCUT2D eigenvalue weighted by molar-refractivity contribution is -0.0120. The van der Waals surface area contributed by atoms with Crippen LogP contribution in [0.1, 0.15) is 58.9 Å². The van der Waals surface area contributed by atoms with Crippen LogP contribution in [-0.2, 0) is 9.47 Å². The number of carbonyl (C=O) groups is 1. The molecule has 5 aliphatic heterocycles. The number of hydrogen-bond acceptors (Lipinski definition) is 10. The number of nitrogens with zero attached hydrogens (tertiary/aromatic N) is 6. The Morgan fingerprint density at radius 3 is 2.71 bits per heavy atom. The SMILES string of the molecule is C#Cc1c(F)ccc2cccc(-c3nc4c5c(nc(OCC67CC(=C)CN6CC[C@H]7OC)nc5c3F)N3C[C@H]5CC[C@@H]([C@H]3[C@H](C)O4)N5C(=O)OC(C)(C)C)c12. The Kier molecular flexibility index (Phi) is 8.26. The van der Waals surface area contributed by atoms with Gasteiger partial charge in [-0.15, -0.1) is 6.42 Å². The zero-order chi connectivity index (χ0) is 38.6. The van der Waals surface area contributed by atoms with Gasteiger partial charge in [-0.3, -0.25) is 9.80 Å². The fourth-order valence-electron chi connectivity index (χ4n) is 9.90. The van der Waals surface area contributed by atoms with Gasteiger partial charge in [0.15, 0.2) is 5.82 Å². The van der Waals surface area contributed by atoms with Gasteiger partial charge in [-0.25, -0.2) is 18.6 Å². The molecule has 0 saturated carbocycles. The smallest absolute Gasteiger partial charge is 0.410 e. The molecule has 0 spiro atoms. The summed E-state index contributed by atoms with van der Waals surface area (Å²) >= 11 is 0. The molecule has 286 valence electrons. The van der Waals surface area contributed by atoms with Crippen LogP contribution in [0, 0.1) is 24.0 Å². The van der Waals surface area contributed by atoms with E-state index in [1.54, 1.807) is 31.4 Å². The third-order valence-corrected chi connectivity index (χ3v) is 12.1. The molecule has 4 saturated heterocycles. The fourth-order valence-corrected chi connectivity index (χ4v) is 9.90. The third-order valence-electron chi connectivity index (χ3n) is 12.1. The summed E-state index contributed by atoms with van der Waals surface area (Å²) in [7, 11) is 1.71. The highest BCUT2D eigenvalue weighted by Crippen LogP contribution is 2.48. The van der Waals surface area contributed by atoms with E-state index in [4.69, 9.17) is 40.3 Å². The summed E-state index contributed by atoms with van der Waals surface area (Å²) in [6.45, 7) is 13.9. The molecule has 55 heavy (non-hydrogen) atoms. The molecule has 7 heterocycles. The highest BCUT2D eigenvalue weighted by Gasteiger charge is 2.55. The average molecular weight is 751 g/mol. The first-order chi connectivity index (χ1) is 26.3. The Morgan fingerprint density at radius 2 is 1.95 bits per heavy atom. The lowest BCUT2D eigenvalue weighted by Crippen LogP contribution is -2.65. The summed E-state index contributed by atoms with van der Waals surface area (Å²) in [6, 6.07) is 7.25. The van der Waals surface area contributed by atoms with Crippen molar-refractivity contribution in [2.24, 2.45) is 0 Å². The van der Waals surface area contributed by atoms with Crippen molar-refractivity contribution in [2.45, 2.75) is 94.9 Å². The van der Waals surface area contributed by atoms with Gasteiger partial charge in [0.1, 0.15) is 46.5 Å². The molecule has 13 heteroatoms. The highest BCUT2D eigenvalue weighted by molar-refractivity contribution is 6.03. The maximum absolute atomic E-state index is 17.5. The molecule has 2 bridgehead atoms. The normalized spacial score (nSPS) is 27.2. The van der Waals surface area contributed by atoms with E-state index in [1.807, 2.05) is 32.6 Å². The second-order valence-corrected chi connectivity index (χ2v) is 16.5. The Morgan fingerprint density at radius 1 is 1.13 bits per heavy atom. The van der Waals surface area contributed by atoms with Gasteiger partial charge < -0.3 is 23.8 Å². The number of terminal acetylenes is 1. The zero-order valence-electron chi connectivity index (χ0n) is 31.7. The maximum Gasteiger partial charge on any atom is 0.410 e. The van der Waals surface area contributed by atoms with Crippen molar-refractivity contribution >= 4 is 33.6 Å². The van der Waals surface area contributed by atoms with Crippen molar-refractivity contribution in [3.05, 3.63) is 59.7 Å². The van der Waals surface area contributed by atoms with Gasteiger partial charge in [-0.2, -0.15) is 9.97 Å². The standard InChI is InChI=1S/C42H44F2N6O5/c1-8-26-28(43)14-12-24-10-9-11-27(31(24)26)34-33(44)35-32-37(47-39(46-35)53-21-42-18-22(2)19-48(42)17-16-30(42)52-7)49-20-25-13-15-29(36(49)23(3)54-38(32)45-34)50(25)40(51)55-41(4,5)6/h1,9-12,14,23,25,29-30,36H,2,13,15-21H2,3-7H3/t23-,25+,29-,30+,36+,42?/m0/s1. The molecule has 6 atom stereocenters. The largest absolute Gasteiger partial charge is 0.472 e. The van der Waals surface area contributed by atoms with Gasteiger partial charge in [0.2, 0.25) is 5.88 Å². The minimum atomic E-state index is -0.748. The van der Waals surface area contributed by atoms with Crippen LogP contribution < -0.4 is 14.4 Å². The van der Waals surface area contributed by atoms with Crippen LogP contribution in [0.15, 0.2) is 42.5 Å². The number of fused-ring (bicyclic) bond motifs is 7. The van der Waals surface area contributed by atoms with E-state index in [1.165, 1.54) is 6.07 Å². The van der Waals surface area contributed by atoms with E-state index in [0.29, 0.717) is 40.5 Å². The first-order valence-electron chi connectivity index (χ1n) is 18.9. The lowest BCUT2D eigenvalue weighted by Gasteiger charge is -2.48. The molecule has 0 aliphatic carbocycles. The topological polar surface area (TPSA) is 102 Å². The van der Waals surface area contributed by atoms with Gasteiger partial charge >= 0.3 is 12.1 Å². The number of methoxy groups -OCH3 is 1. The van der Waals surface area contributed by atoms with Crippen molar-refractivity contribution in [1.29, 1.82) is 0 Å². The number of anilines is 1. The Hall–Kier alpha value is -5.06. The predicted molar refractivity (Wildman–Crippen MR) is 203 cm³/mol. The van der Waals surface area contributed by atoms with Crippen molar-refractivity contribution in [2.75, 3.05) is 38.3 Å². The van der Waals surface area contributed by atoms with E-state index in [0.717, 1.165) is 37.9 Å². The van der Waals surface area contributed by atoms with E-state index in [2.05, 4.69) is 22.3 Å². The van der Waals surface area contributed by atoms with Crippen molar-refractivity contribution in [1.82, 2.24) is 24.8 Å². The summed E-state index contributed by atoms with van der Waals surface area (Å²) in [5, 5.41) is 1.27. The number of halogens is 2. The Labute approximate surface area is 318 Å². The molecular weight excluding hydrogens is 706 g/mol. The minimum Gasteiger partial charge on any atom is -0.472 e. The average Bonchev–Trinajstić information content (AvgIpc) is 3.73. The van der Waals surface area contributed by atoms with Gasteiger partial charge in [0.05, 0.1) is 35.3 Å². The van der Waals surface area contributed by atoms with E-state index in [-0.39, 0.29) is 59.6 Å². The molecule has 11 nitrogen and oxygen atoms in total. The molecule has 4 aromatic rings. The molecule has 2 aromatic heterocycles. The quantitative estimate of drug-likeness (QED) is 0.163. The van der Waals surface area contributed by atoms with Crippen LogP contribution in [-0.4, -0.2) is 106 Å². The summed E-state index contributed by atoms with van der Waals surface area (Å²) < 4.78 is 57.7. The van der Waals surface area contributed by atoms with Crippen LogP contribution in [0.3, 0.4) is 0 Å². The van der Waals surface area contributed by atoms with E-state index >= 15 is 8.78 Å². The summed E-state index contributed by atoms with van der Waals surface area (Å²) in [4.78, 5) is 34.6. The second-order valence-electron chi connectivity index (χ2n) is 16.5. The lowest BCUT2D eigenvalue weighted by atomic mass is 9.91. The number of aromatic nitrogens is 3. The van der Waals surface area contributed by atoms with Gasteiger partial charge in [-0.05, 0) is 64.8 Å². The van der Waals surface area contributed by atoms with E-state index < -0.39 is 34.9 Å². The fraction of sp³-hybridized carbons (Fsp3) is 0.476. The molecule has 0 N–H and O–H groups in total. The molecule has 9 rings (SSSR count). The molecule has 5 aliphatic rings. The highest BCUT2D eigenvalue weighted by atomic mass is 19.1. The molecule has 2 aromatic carbocycles. The van der Waals surface area contributed by atoms with Crippen LogP contribution in [0.5, 0.6) is 11.9 Å². The van der Waals surface area contributed by atoms with Gasteiger partial charge in [-0.1, -0.05) is 42.3 Å². The summed E-state index contributed by atoms with van der Waals surface area (Å²) in [6.07, 6.45) is 7.82. The molecule has 4 fully saturated rings. The summed E-state index contributed by atoms with van der Waals surface area (Å²) in [5.41, 5.74) is 0.0973. The number of rotatable bonds is 5. The predicted octanol–water partition coefficient (Wildman–Crippen LogP) is 6.64. The molecule has 0 radical (unpaired) electrons. The zero-order valence-corrected chi connectivity index (χ0v) is 31.7. The first-order valence-corrected chi connectivity index (χ1v) is 18.9. The van der Waals surface area contributed by atoms with E-state index in [9.17, 15) is 4.79 Å². The summed E-state index contributed by atoms with van der Waals surface area (Å²) in [5.74, 6) is 1.65. The Balaban J connectivity index is 1.22. The van der Waals surface area contributed by atoms with Crippen LogP contribution >= 0.6 is 0 Å². The van der Waals surface area contributed by atoms with Gasteiger partial charge in [0.25, 0.3) is 0 Å². The maximum atomic E-state index is 17.5. The number of carbonyl (C=O) groups excluding carboxylic acids is 1. The van der Waals surface area contributed by atoms with Crippen molar-refractivity contribution < 1.29 is 32.5 Å². The van der Waals surface area contributed by atoms with Crippen molar-refractivity contribution in [3.8, 4) is 35.5 Å². The second kappa shape index (κ2) is 12.7. The van der Waals surface area contributed by atoms with Crippen LogP contribution in [0.2, 0.25) is 0 Å². The number of hydrogen-bond donors (Lipinski definition) is 0. The molecule has 1 amide bonds. The Bertz CT molecular complexity index is 2320. The van der Waals surface area contributed by atoms with Crippen LogP contribution in [0.25, 0.3) is 32.9 Å². The minimum absolute atomic E-state index is 0.00330.